The summed E-state index contributed by atoms with van der Waals surface area (Å²) < 4.78 is 6.00. The third kappa shape index (κ3) is 3.71. The van der Waals surface area contributed by atoms with Crippen LogP contribution in [-0.4, -0.2) is 0 Å². The molecule has 0 aromatic heterocycles. The first-order valence-electron chi connectivity index (χ1n) is 11.3. The fourth-order valence-corrected chi connectivity index (χ4v) is 5.53. The Bertz CT molecular complexity index is 1320. The van der Waals surface area contributed by atoms with E-state index in [1.165, 1.54) is 0 Å². The molecular formula is C28H25ClN4O. The Morgan fingerprint density at radius 2 is 1.85 bits per heavy atom. The van der Waals surface area contributed by atoms with Crippen LogP contribution in [0.5, 0.6) is 5.75 Å². The Balaban J connectivity index is 1.85. The minimum atomic E-state index is -1.62. The highest BCUT2D eigenvalue weighted by Gasteiger charge is 2.54. The molecule has 0 fully saturated rings. The molecule has 0 radical (unpaired) electrons. The van der Waals surface area contributed by atoms with E-state index in [0.717, 1.165) is 47.1 Å². The second-order valence-electron chi connectivity index (χ2n) is 8.96. The lowest BCUT2D eigenvalue weighted by Gasteiger charge is -2.44. The van der Waals surface area contributed by atoms with Gasteiger partial charge in [-0.25, -0.2) is 0 Å². The minimum Gasteiger partial charge on any atom is -0.487 e. The van der Waals surface area contributed by atoms with E-state index in [2.05, 4.69) is 30.4 Å². The number of nitriles is 3. The van der Waals surface area contributed by atoms with E-state index in [1.807, 2.05) is 38.1 Å². The van der Waals surface area contributed by atoms with Gasteiger partial charge in [0.1, 0.15) is 18.4 Å². The summed E-state index contributed by atoms with van der Waals surface area (Å²) in [5.74, 6) is -0.0188. The molecule has 0 aliphatic heterocycles. The molecule has 4 rings (SSSR count). The van der Waals surface area contributed by atoms with Gasteiger partial charge < -0.3 is 10.5 Å². The Hall–Kier alpha value is -3.72. The van der Waals surface area contributed by atoms with E-state index in [-0.39, 0.29) is 17.2 Å². The predicted octanol–water partition coefficient (Wildman–Crippen LogP) is 6.13. The number of nitrogens with two attached hydrogens (primary N) is 1. The Morgan fingerprint density at radius 3 is 2.53 bits per heavy atom. The molecule has 2 N–H and O–H groups in total. The van der Waals surface area contributed by atoms with Crippen LogP contribution in [0.2, 0.25) is 5.02 Å². The maximum Gasteiger partial charge on any atom is 0.191 e. The molecule has 0 heterocycles. The molecule has 34 heavy (non-hydrogen) atoms. The van der Waals surface area contributed by atoms with Crippen molar-refractivity contribution in [2.75, 3.05) is 0 Å². The maximum atomic E-state index is 10.3. The molecule has 0 saturated carbocycles. The zero-order chi connectivity index (χ0) is 24.5. The number of halogens is 1. The second kappa shape index (κ2) is 9.26. The molecular weight excluding hydrogens is 444 g/mol. The summed E-state index contributed by atoms with van der Waals surface area (Å²) in [6.07, 6.45) is 4.63. The molecule has 2 unspecified atom stereocenters. The van der Waals surface area contributed by atoms with E-state index in [4.69, 9.17) is 22.1 Å². The highest BCUT2D eigenvalue weighted by molar-refractivity contribution is 6.32. The number of hydrogen-bond acceptors (Lipinski definition) is 5. The van der Waals surface area contributed by atoms with Gasteiger partial charge in [-0.1, -0.05) is 41.9 Å². The van der Waals surface area contributed by atoms with E-state index in [9.17, 15) is 15.8 Å². The monoisotopic (exact) mass is 468 g/mol. The summed E-state index contributed by atoms with van der Waals surface area (Å²) in [5.41, 5.74) is 9.89. The zero-order valence-corrected chi connectivity index (χ0v) is 20.0. The largest absolute Gasteiger partial charge is 0.487 e. The summed E-state index contributed by atoms with van der Waals surface area (Å²) in [6.45, 7) is 4.30. The Morgan fingerprint density at radius 1 is 1.12 bits per heavy atom. The Labute approximate surface area is 205 Å². The predicted molar refractivity (Wildman–Crippen MR) is 130 cm³/mol. The van der Waals surface area contributed by atoms with Crippen LogP contribution in [0.15, 0.2) is 59.3 Å². The molecule has 2 atom stereocenters. The standard InChI is InChI=1S/C28H25ClN4O/c1-17-11-18(2)22(12-19(17)14-34-25-10-6-5-9-24(25)29)26-21-8-4-3-7-20(21)23(13-30)27(33)28(26,15-31)16-32/h5-7,9-12,21,26H,3-4,8,14,33H2,1-2H3. The molecule has 2 aliphatic rings. The number of fused-ring (bicyclic) bond motifs is 1. The van der Waals surface area contributed by atoms with Gasteiger partial charge in [-0.3, -0.25) is 0 Å². The van der Waals surface area contributed by atoms with Crippen molar-refractivity contribution in [3.8, 4) is 24.0 Å². The van der Waals surface area contributed by atoms with Crippen molar-refractivity contribution in [2.24, 2.45) is 17.1 Å². The normalized spacial score (nSPS) is 20.9. The van der Waals surface area contributed by atoms with Crippen molar-refractivity contribution >= 4 is 11.6 Å². The summed E-state index contributed by atoms with van der Waals surface area (Å²) in [6, 6.07) is 18.0. The average Bonchev–Trinajstić information content (AvgIpc) is 2.84. The van der Waals surface area contributed by atoms with Crippen LogP contribution < -0.4 is 10.5 Å². The quantitative estimate of drug-likeness (QED) is 0.580. The molecule has 0 amide bonds. The smallest absolute Gasteiger partial charge is 0.191 e. The van der Waals surface area contributed by atoms with Gasteiger partial charge in [-0.15, -0.1) is 0 Å². The maximum absolute atomic E-state index is 10.3. The molecule has 0 bridgehead atoms. The van der Waals surface area contributed by atoms with Gasteiger partial charge in [-0.2, -0.15) is 15.8 Å². The lowest BCUT2D eigenvalue weighted by Crippen LogP contribution is -2.43. The first kappa shape index (κ1) is 23.4. The van der Waals surface area contributed by atoms with Crippen LogP contribution in [0.3, 0.4) is 0 Å². The lowest BCUT2D eigenvalue weighted by atomic mass is 9.56. The minimum absolute atomic E-state index is 0.0586. The number of rotatable bonds is 4. The van der Waals surface area contributed by atoms with Gasteiger partial charge in [-0.05, 0) is 79.0 Å². The van der Waals surface area contributed by atoms with E-state index in [0.29, 0.717) is 17.4 Å². The first-order chi connectivity index (χ1) is 16.4. The van der Waals surface area contributed by atoms with Crippen molar-refractivity contribution in [1.29, 1.82) is 15.8 Å². The van der Waals surface area contributed by atoms with Gasteiger partial charge in [0.05, 0.1) is 28.4 Å². The van der Waals surface area contributed by atoms with Gasteiger partial charge in [0, 0.05) is 5.92 Å². The third-order valence-corrected chi connectivity index (χ3v) is 7.39. The number of benzene rings is 2. The summed E-state index contributed by atoms with van der Waals surface area (Å²) in [5, 5.41) is 31.0. The van der Waals surface area contributed by atoms with Crippen molar-refractivity contribution in [1.82, 2.24) is 0 Å². The van der Waals surface area contributed by atoms with Crippen molar-refractivity contribution in [2.45, 2.75) is 45.6 Å². The van der Waals surface area contributed by atoms with E-state index in [1.54, 1.807) is 6.07 Å². The highest BCUT2D eigenvalue weighted by atomic mass is 35.5. The fraction of sp³-hybridized carbons (Fsp3) is 0.321. The second-order valence-corrected chi connectivity index (χ2v) is 9.37. The van der Waals surface area contributed by atoms with Crippen LogP contribution in [0.1, 0.15) is 47.4 Å². The van der Waals surface area contributed by atoms with E-state index < -0.39 is 11.3 Å². The molecule has 5 nitrogen and oxygen atoms in total. The highest BCUT2D eigenvalue weighted by Crippen LogP contribution is 2.56. The molecule has 2 aromatic rings. The molecule has 0 saturated heterocycles. The summed E-state index contributed by atoms with van der Waals surface area (Å²) >= 11 is 6.25. The van der Waals surface area contributed by atoms with Crippen molar-refractivity contribution in [3.05, 3.63) is 86.6 Å². The molecule has 2 aliphatic carbocycles. The van der Waals surface area contributed by atoms with Gasteiger partial charge in [0.2, 0.25) is 0 Å². The topological polar surface area (TPSA) is 107 Å². The lowest BCUT2D eigenvalue weighted by molar-refractivity contribution is 0.302. The first-order valence-corrected chi connectivity index (χ1v) is 11.7. The number of ether oxygens (including phenoxy) is 1. The van der Waals surface area contributed by atoms with Crippen LogP contribution >= 0.6 is 11.6 Å². The van der Waals surface area contributed by atoms with Crippen LogP contribution in [0.25, 0.3) is 0 Å². The summed E-state index contributed by atoms with van der Waals surface area (Å²) in [7, 11) is 0. The molecule has 170 valence electrons. The third-order valence-electron chi connectivity index (χ3n) is 7.08. The fourth-order valence-electron chi connectivity index (χ4n) is 5.34. The van der Waals surface area contributed by atoms with E-state index >= 15 is 0 Å². The van der Waals surface area contributed by atoms with Gasteiger partial charge in [0.25, 0.3) is 0 Å². The molecule has 0 spiro atoms. The van der Waals surface area contributed by atoms with Gasteiger partial charge >= 0.3 is 0 Å². The Kier molecular flexibility index (Phi) is 6.39. The number of aryl methyl sites for hydroxylation is 2. The molecule has 6 heteroatoms. The number of nitrogens with zero attached hydrogens (tertiary/aromatic N) is 3. The number of para-hydroxylation sites is 1. The van der Waals surface area contributed by atoms with Gasteiger partial charge in [0.15, 0.2) is 5.41 Å². The average molecular weight is 469 g/mol. The number of hydrogen-bond donors (Lipinski definition) is 1. The van der Waals surface area contributed by atoms with Crippen LogP contribution in [0.4, 0.5) is 0 Å². The van der Waals surface area contributed by atoms with Crippen LogP contribution in [0, 0.1) is 59.2 Å². The molecule has 2 aromatic carbocycles. The summed E-state index contributed by atoms with van der Waals surface area (Å²) in [4.78, 5) is 0. The number of allylic oxidation sites excluding steroid dienone is 4. The van der Waals surface area contributed by atoms with Crippen molar-refractivity contribution < 1.29 is 4.74 Å². The van der Waals surface area contributed by atoms with Crippen LogP contribution in [-0.2, 0) is 6.61 Å². The zero-order valence-electron chi connectivity index (χ0n) is 19.2. The van der Waals surface area contributed by atoms with Crippen molar-refractivity contribution in [3.63, 3.8) is 0 Å². The SMILES string of the molecule is Cc1cc(C)c(C2C3CCCC=C3C(C#N)=C(N)C2(C#N)C#N)cc1COc1ccccc1Cl.